The highest BCUT2D eigenvalue weighted by Gasteiger charge is 2.18. The second-order valence-corrected chi connectivity index (χ2v) is 6.65. The van der Waals surface area contributed by atoms with Crippen LogP contribution in [0.4, 0.5) is 14.5 Å². The predicted octanol–water partition coefficient (Wildman–Crippen LogP) is 4.47. The van der Waals surface area contributed by atoms with E-state index < -0.39 is 24.1 Å². The minimum Gasteiger partial charge on any atom is -0.481 e. The number of esters is 1. The number of rotatable bonds is 6. The topological polar surface area (TPSA) is 64.6 Å². The molecule has 1 saturated carbocycles. The Labute approximate surface area is 161 Å². The molecule has 0 unspecified atom stereocenters. The van der Waals surface area contributed by atoms with Gasteiger partial charge in [0.25, 0.3) is 5.91 Å². The smallest absolute Gasteiger partial charge is 0.338 e. The molecule has 1 aliphatic rings. The molecule has 28 heavy (non-hydrogen) atoms. The highest BCUT2D eigenvalue weighted by atomic mass is 19.1. The van der Waals surface area contributed by atoms with Crippen molar-refractivity contribution in [1.29, 1.82) is 0 Å². The van der Waals surface area contributed by atoms with Crippen LogP contribution in [0.2, 0.25) is 0 Å². The van der Waals surface area contributed by atoms with Crippen LogP contribution >= 0.6 is 0 Å². The Morgan fingerprint density at radius 2 is 1.71 bits per heavy atom. The molecule has 1 aliphatic carbocycles. The van der Waals surface area contributed by atoms with Crippen LogP contribution in [0.3, 0.4) is 0 Å². The third-order valence-corrected chi connectivity index (χ3v) is 4.48. The summed E-state index contributed by atoms with van der Waals surface area (Å²) < 4.78 is 37.0. The Morgan fingerprint density at radius 1 is 1.00 bits per heavy atom. The molecule has 7 heteroatoms. The molecule has 2 aromatic rings. The molecule has 0 radical (unpaired) electrons. The van der Waals surface area contributed by atoms with Crippen molar-refractivity contribution in [2.75, 3.05) is 11.9 Å². The lowest BCUT2D eigenvalue weighted by Gasteiger charge is -2.21. The van der Waals surface area contributed by atoms with Gasteiger partial charge in [-0.05, 0) is 62.1 Å². The maximum Gasteiger partial charge on any atom is 0.338 e. The van der Waals surface area contributed by atoms with Crippen molar-refractivity contribution in [2.45, 2.75) is 38.2 Å². The molecule has 3 rings (SSSR count). The van der Waals surface area contributed by atoms with Gasteiger partial charge in [-0.2, -0.15) is 0 Å². The van der Waals surface area contributed by atoms with Gasteiger partial charge in [-0.25, -0.2) is 13.6 Å². The van der Waals surface area contributed by atoms with Gasteiger partial charge >= 0.3 is 5.97 Å². The zero-order chi connectivity index (χ0) is 19.9. The summed E-state index contributed by atoms with van der Waals surface area (Å²) in [6.07, 6.45) is 5.09. The minimum absolute atomic E-state index is 0.0269. The second-order valence-electron chi connectivity index (χ2n) is 6.65. The van der Waals surface area contributed by atoms with Gasteiger partial charge in [-0.15, -0.1) is 0 Å². The number of halogens is 2. The molecule has 0 spiro atoms. The van der Waals surface area contributed by atoms with E-state index in [0.29, 0.717) is 11.3 Å². The summed E-state index contributed by atoms with van der Waals surface area (Å²) in [5, 5.41) is 2.56. The lowest BCUT2D eigenvalue weighted by atomic mass is 9.98. The first-order valence-electron chi connectivity index (χ1n) is 9.20. The largest absolute Gasteiger partial charge is 0.481 e. The van der Waals surface area contributed by atoms with E-state index in [9.17, 15) is 18.4 Å². The van der Waals surface area contributed by atoms with Crippen LogP contribution < -0.4 is 10.1 Å². The molecule has 0 heterocycles. The number of benzene rings is 2. The van der Waals surface area contributed by atoms with Crippen molar-refractivity contribution in [1.82, 2.24) is 0 Å². The lowest BCUT2D eigenvalue weighted by molar-refractivity contribution is -0.118. The molecule has 1 N–H and O–H groups in total. The third-order valence-electron chi connectivity index (χ3n) is 4.48. The number of amides is 1. The van der Waals surface area contributed by atoms with Crippen LogP contribution in [-0.2, 0) is 9.53 Å². The molecule has 0 bridgehead atoms. The fourth-order valence-electron chi connectivity index (χ4n) is 3.02. The Balaban J connectivity index is 1.49. The van der Waals surface area contributed by atoms with Gasteiger partial charge in [-0.1, -0.05) is 6.42 Å². The predicted molar refractivity (Wildman–Crippen MR) is 99.2 cm³/mol. The van der Waals surface area contributed by atoms with Crippen LogP contribution in [-0.4, -0.2) is 24.6 Å². The normalized spacial score (nSPS) is 14.4. The standard InChI is InChI=1S/C21H21F2NO4/c22-15-8-11-18(23)19(12-15)27-13-20(25)24-16-9-6-14(7-10-16)21(26)28-17-4-2-1-3-5-17/h6-12,17H,1-5,13H2,(H,24,25). The Morgan fingerprint density at radius 3 is 2.43 bits per heavy atom. The number of carbonyl (C=O) groups is 2. The molecular weight excluding hydrogens is 368 g/mol. The quantitative estimate of drug-likeness (QED) is 0.741. The van der Waals surface area contributed by atoms with Gasteiger partial charge in [-0.3, -0.25) is 4.79 Å². The van der Waals surface area contributed by atoms with E-state index in [0.717, 1.165) is 43.9 Å². The summed E-state index contributed by atoms with van der Waals surface area (Å²) in [5.41, 5.74) is 0.851. The second kappa shape index (κ2) is 9.30. The van der Waals surface area contributed by atoms with Crippen molar-refractivity contribution in [3.8, 4) is 5.75 Å². The van der Waals surface area contributed by atoms with Crippen molar-refractivity contribution in [3.63, 3.8) is 0 Å². The lowest BCUT2D eigenvalue weighted by Crippen LogP contribution is -2.21. The van der Waals surface area contributed by atoms with E-state index in [4.69, 9.17) is 9.47 Å². The first kappa shape index (κ1) is 19.8. The van der Waals surface area contributed by atoms with Crippen LogP contribution in [0, 0.1) is 11.6 Å². The monoisotopic (exact) mass is 389 g/mol. The molecule has 0 aliphatic heterocycles. The number of hydrogen-bond donors (Lipinski definition) is 1. The van der Waals surface area contributed by atoms with Gasteiger partial charge in [0.05, 0.1) is 5.56 Å². The van der Waals surface area contributed by atoms with Crippen LogP contribution in [0.1, 0.15) is 42.5 Å². The van der Waals surface area contributed by atoms with Gasteiger partial charge < -0.3 is 14.8 Å². The van der Waals surface area contributed by atoms with Gasteiger partial charge in [0.2, 0.25) is 0 Å². The SMILES string of the molecule is O=C(COc1cc(F)ccc1F)Nc1ccc(C(=O)OC2CCCCC2)cc1. The number of hydrogen-bond acceptors (Lipinski definition) is 4. The maximum atomic E-state index is 13.5. The summed E-state index contributed by atoms with van der Waals surface area (Å²) in [6, 6.07) is 9.02. The molecule has 2 aromatic carbocycles. The zero-order valence-electron chi connectivity index (χ0n) is 15.3. The average Bonchev–Trinajstić information content (AvgIpc) is 2.70. The van der Waals surface area contributed by atoms with Crippen molar-refractivity contribution < 1.29 is 27.8 Å². The van der Waals surface area contributed by atoms with Gasteiger partial charge in [0.1, 0.15) is 11.9 Å². The summed E-state index contributed by atoms with van der Waals surface area (Å²) in [4.78, 5) is 24.1. The summed E-state index contributed by atoms with van der Waals surface area (Å²) in [6.45, 7) is -0.480. The van der Waals surface area contributed by atoms with Crippen LogP contribution in [0.25, 0.3) is 0 Å². The number of ether oxygens (including phenoxy) is 2. The maximum absolute atomic E-state index is 13.5. The highest BCUT2D eigenvalue weighted by Crippen LogP contribution is 2.22. The minimum atomic E-state index is -0.755. The summed E-state index contributed by atoms with van der Waals surface area (Å²) in [5.74, 6) is -2.67. The van der Waals surface area contributed by atoms with Crippen molar-refractivity contribution >= 4 is 17.6 Å². The molecule has 1 fully saturated rings. The van der Waals surface area contributed by atoms with E-state index in [1.807, 2.05) is 0 Å². The number of anilines is 1. The van der Waals surface area contributed by atoms with E-state index in [1.165, 1.54) is 6.42 Å². The van der Waals surface area contributed by atoms with Gasteiger partial charge in [0, 0.05) is 11.8 Å². The fraction of sp³-hybridized carbons (Fsp3) is 0.333. The molecule has 148 valence electrons. The molecule has 5 nitrogen and oxygen atoms in total. The first-order valence-corrected chi connectivity index (χ1v) is 9.20. The Kier molecular flexibility index (Phi) is 6.57. The summed E-state index contributed by atoms with van der Waals surface area (Å²) in [7, 11) is 0. The van der Waals surface area contributed by atoms with Crippen molar-refractivity contribution in [2.24, 2.45) is 0 Å². The first-order chi connectivity index (χ1) is 13.5. The molecule has 0 aromatic heterocycles. The number of carbonyl (C=O) groups excluding carboxylic acids is 2. The third kappa shape index (κ3) is 5.52. The fourth-order valence-corrected chi connectivity index (χ4v) is 3.02. The van der Waals surface area contributed by atoms with E-state index >= 15 is 0 Å². The summed E-state index contributed by atoms with van der Waals surface area (Å²) >= 11 is 0. The molecule has 0 saturated heterocycles. The van der Waals surface area contributed by atoms with Crippen LogP contribution in [0.5, 0.6) is 5.75 Å². The Hall–Kier alpha value is -2.96. The van der Waals surface area contributed by atoms with Crippen LogP contribution in [0.15, 0.2) is 42.5 Å². The van der Waals surface area contributed by atoms with E-state index in [1.54, 1.807) is 24.3 Å². The molecular formula is C21H21F2NO4. The van der Waals surface area contributed by atoms with Crippen molar-refractivity contribution in [3.05, 3.63) is 59.7 Å². The van der Waals surface area contributed by atoms with Gasteiger partial charge in [0.15, 0.2) is 18.2 Å². The zero-order valence-corrected chi connectivity index (χ0v) is 15.3. The molecule has 0 atom stereocenters. The number of nitrogens with one attached hydrogen (secondary N) is 1. The Bertz CT molecular complexity index is 833. The van der Waals surface area contributed by atoms with E-state index in [2.05, 4.69) is 5.32 Å². The molecule has 1 amide bonds. The van der Waals surface area contributed by atoms with E-state index in [-0.39, 0.29) is 17.8 Å². The highest BCUT2D eigenvalue weighted by molar-refractivity contribution is 5.93. The average molecular weight is 389 g/mol.